The molecule has 2 aromatic heterocycles. The van der Waals surface area contributed by atoms with E-state index in [1.807, 2.05) is 0 Å². The average molecular weight is 379 g/mol. The van der Waals surface area contributed by atoms with E-state index in [2.05, 4.69) is 15.0 Å². The number of aromatic nitrogens is 3. The van der Waals surface area contributed by atoms with Crippen LogP contribution in [0.2, 0.25) is 0 Å². The number of esters is 1. The third-order valence-electron chi connectivity index (χ3n) is 3.33. The van der Waals surface area contributed by atoms with Crippen molar-refractivity contribution in [2.75, 3.05) is 11.5 Å². The molecule has 0 fully saturated rings. The van der Waals surface area contributed by atoms with Gasteiger partial charge in [0.2, 0.25) is 17.7 Å². The van der Waals surface area contributed by atoms with Crippen LogP contribution in [-0.4, -0.2) is 20.9 Å². The predicted octanol–water partition coefficient (Wildman–Crippen LogP) is 2.67. The Bertz CT molecular complexity index is 967. The molecule has 0 aliphatic heterocycles. The van der Waals surface area contributed by atoms with Crippen LogP contribution >= 0.6 is 0 Å². The van der Waals surface area contributed by atoms with E-state index < -0.39 is 17.7 Å². The van der Waals surface area contributed by atoms with Crippen LogP contribution in [0.1, 0.15) is 21.9 Å². The zero-order valence-corrected chi connectivity index (χ0v) is 13.5. The Morgan fingerprint density at radius 1 is 1.07 bits per heavy atom. The van der Waals surface area contributed by atoms with Crippen LogP contribution in [0.3, 0.4) is 0 Å². The molecule has 0 aliphatic carbocycles. The lowest BCUT2D eigenvalue weighted by molar-refractivity contribution is -0.137. The number of ether oxygens (including phenoxy) is 1. The molecule has 8 nitrogen and oxygen atoms in total. The molecule has 0 spiro atoms. The second-order valence-electron chi connectivity index (χ2n) is 5.29. The number of anilines is 2. The highest BCUT2D eigenvalue weighted by Gasteiger charge is 2.30. The summed E-state index contributed by atoms with van der Waals surface area (Å²) < 4.78 is 48.7. The van der Waals surface area contributed by atoms with Crippen molar-refractivity contribution in [3.8, 4) is 11.3 Å². The Morgan fingerprint density at radius 2 is 1.78 bits per heavy atom. The standard InChI is InChI=1S/C16H12F3N5O3/c17-16(18,19)9-3-1-2-8(6-9)10-4-5-11(27-10)13(25)26-7-12-22-14(20)24-15(21)23-12/h1-6H,7H2,(H4,20,21,22,23,24). The van der Waals surface area contributed by atoms with E-state index in [9.17, 15) is 18.0 Å². The number of carbonyl (C=O) groups excluding carboxylic acids is 1. The number of furan rings is 1. The molecule has 2 heterocycles. The first-order valence-corrected chi connectivity index (χ1v) is 7.43. The number of halogens is 3. The van der Waals surface area contributed by atoms with E-state index in [-0.39, 0.29) is 41.4 Å². The Hall–Kier alpha value is -3.63. The molecule has 11 heteroatoms. The fourth-order valence-electron chi connectivity index (χ4n) is 2.17. The lowest BCUT2D eigenvalue weighted by Crippen LogP contribution is -2.10. The SMILES string of the molecule is Nc1nc(N)nc(COC(=O)c2ccc(-c3cccc(C(F)(F)F)c3)o2)n1. The number of nitrogens with two attached hydrogens (primary N) is 2. The second kappa shape index (κ2) is 6.94. The Morgan fingerprint density at radius 3 is 2.44 bits per heavy atom. The monoisotopic (exact) mass is 379 g/mol. The van der Waals surface area contributed by atoms with Crippen LogP contribution in [-0.2, 0) is 17.5 Å². The van der Waals surface area contributed by atoms with Gasteiger partial charge in [-0.05, 0) is 24.3 Å². The van der Waals surface area contributed by atoms with Crippen molar-refractivity contribution in [2.45, 2.75) is 12.8 Å². The lowest BCUT2D eigenvalue weighted by Gasteiger charge is -2.07. The normalized spacial score (nSPS) is 11.4. The van der Waals surface area contributed by atoms with Gasteiger partial charge in [0.1, 0.15) is 5.76 Å². The van der Waals surface area contributed by atoms with Crippen molar-refractivity contribution in [1.82, 2.24) is 15.0 Å². The molecule has 140 valence electrons. The molecule has 3 aromatic rings. The van der Waals surface area contributed by atoms with Crippen LogP contribution in [0.25, 0.3) is 11.3 Å². The van der Waals surface area contributed by atoms with Gasteiger partial charge in [-0.3, -0.25) is 0 Å². The maximum atomic E-state index is 12.8. The van der Waals surface area contributed by atoms with Gasteiger partial charge < -0.3 is 20.6 Å². The van der Waals surface area contributed by atoms with Crippen molar-refractivity contribution in [1.29, 1.82) is 0 Å². The van der Waals surface area contributed by atoms with Crippen molar-refractivity contribution in [3.63, 3.8) is 0 Å². The Balaban J connectivity index is 1.72. The third-order valence-corrected chi connectivity index (χ3v) is 3.33. The molecule has 0 radical (unpaired) electrons. The van der Waals surface area contributed by atoms with Gasteiger partial charge in [-0.15, -0.1) is 0 Å². The number of alkyl halides is 3. The van der Waals surface area contributed by atoms with Gasteiger partial charge in [0.05, 0.1) is 5.56 Å². The molecule has 0 saturated heterocycles. The summed E-state index contributed by atoms with van der Waals surface area (Å²) in [5, 5.41) is 0. The molecular formula is C16H12F3N5O3. The predicted molar refractivity (Wildman–Crippen MR) is 86.9 cm³/mol. The minimum absolute atomic E-state index is 0.0398. The Kier molecular flexibility index (Phi) is 4.67. The molecule has 1 aromatic carbocycles. The van der Waals surface area contributed by atoms with Crippen molar-refractivity contribution in [2.24, 2.45) is 0 Å². The number of rotatable bonds is 4. The first kappa shape index (κ1) is 18.2. The first-order chi connectivity index (χ1) is 12.7. The van der Waals surface area contributed by atoms with Crippen LogP contribution in [0.4, 0.5) is 25.1 Å². The zero-order chi connectivity index (χ0) is 19.6. The second-order valence-corrected chi connectivity index (χ2v) is 5.29. The topological polar surface area (TPSA) is 130 Å². The van der Waals surface area contributed by atoms with E-state index in [0.29, 0.717) is 0 Å². The van der Waals surface area contributed by atoms with Gasteiger partial charge in [0, 0.05) is 5.56 Å². The molecule has 0 atom stereocenters. The number of hydrogen-bond acceptors (Lipinski definition) is 8. The fraction of sp³-hybridized carbons (Fsp3) is 0.125. The average Bonchev–Trinajstić information content (AvgIpc) is 3.08. The van der Waals surface area contributed by atoms with Crippen LogP contribution in [0.15, 0.2) is 40.8 Å². The maximum absolute atomic E-state index is 12.8. The smallest absolute Gasteiger partial charge is 0.416 e. The summed E-state index contributed by atoms with van der Waals surface area (Å²) in [6.45, 7) is -0.338. The number of nitrogen functional groups attached to an aromatic ring is 2. The summed E-state index contributed by atoms with van der Waals surface area (Å²) in [6, 6.07) is 7.19. The van der Waals surface area contributed by atoms with Gasteiger partial charge in [-0.1, -0.05) is 12.1 Å². The summed E-state index contributed by atoms with van der Waals surface area (Å²) in [5.41, 5.74) is 10.2. The highest BCUT2D eigenvalue weighted by Crippen LogP contribution is 2.32. The number of benzene rings is 1. The van der Waals surface area contributed by atoms with E-state index >= 15 is 0 Å². The summed E-state index contributed by atoms with van der Waals surface area (Å²) in [6.07, 6.45) is -4.49. The van der Waals surface area contributed by atoms with Crippen molar-refractivity contribution >= 4 is 17.9 Å². The molecule has 27 heavy (non-hydrogen) atoms. The minimum atomic E-state index is -4.49. The highest BCUT2D eigenvalue weighted by atomic mass is 19.4. The summed E-state index contributed by atoms with van der Waals surface area (Å²) in [7, 11) is 0. The fourth-order valence-corrected chi connectivity index (χ4v) is 2.17. The molecule has 0 unspecified atom stereocenters. The van der Waals surface area contributed by atoms with Crippen LogP contribution in [0.5, 0.6) is 0 Å². The van der Waals surface area contributed by atoms with Gasteiger partial charge in [0.25, 0.3) is 0 Å². The number of carbonyl (C=O) groups is 1. The molecule has 3 rings (SSSR count). The van der Waals surface area contributed by atoms with Crippen molar-refractivity contribution < 1.29 is 27.1 Å². The van der Waals surface area contributed by atoms with Gasteiger partial charge in [0.15, 0.2) is 12.4 Å². The van der Waals surface area contributed by atoms with E-state index in [0.717, 1.165) is 12.1 Å². The summed E-state index contributed by atoms with van der Waals surface area (Å²) >= 11 is 0. The molecule has 0 aliphatic rings. The van der Waals surface area contributed by atoms with E-state index in [4.69, 9.17) is 20.6 Å². The quantitative estimate of drug-likeness (QED) is 0.662. The van der Waals surface area contributed by atoms with Gasteiger partial charge >= 0.3 is 12.1 Å². The zero-order valence-electron chi connectivity index (χ0n) is 13.5. The molecule has 4 N–H and O–H groups in total. The van der Waals surface area contributed by atoms with E-state index in [1.54, 1.807) is 0 Å². The Labute approximate surface area is 150 Å². The van der Waals surface area contributed by atoms with Crippen LogP contribution in [0, 0.1) is 0 Å². The summed E-state index contributed by atoms with van der Waals surface area (Å²) in [4.78, 5) is 23.1. The summed E-state index contributed by atoms with van der Waals surface area (Å²) in [5.74, 6) is -1.18. The molecule has 0 saturated carbocycles. The lowest BCUT2D eigenvalue weighted by atomic mass is 10.1. The molecule has 0 bridgehead atoms. The van der Waals surface area contributed by atoms with Gasteiger partial charge in [-0.25, -0.2) is 4.79 Å². The molecular weight excluding hydrogens is 367 g/mol. The number of nitrogens with zero attached hydrogens (tertiary/aromatic N) is 3. The van der Waals surface area contributed by atoms with Crippen LogP contribution < -0.4 is 11.5 Å². The largest absolute Gasteiger partial charge is 0.452 e. The maximum Gasteiger partial charge on any atom is 0.416 e. The number of hydrogen-bond donors (Lipinski definition) is 2. The molecule has 0 amide bonds. The third kappa shape index (κ3) is 4.32. The highest BCUT2D eigenvalue weighted by molar-refractivity contribution is 5.87. The van der Waals surface area contributed by atoms with Gasteiger partial charge in [-0.2, -0.15) is 28.1 Å². The first-order valence-electron chi connectivity index (χ1n) is 7.43. The minimum Gasteiger partial charge on any atom is -0.452 e. The van der Waals surface area contributed by atoms with Crippen molar-refractivity contribution in [3.05, 3.63) is 53.5 Å². The van der Waals surface area contributed by atoms with E-state index in [1.165, 1.54) is 24.3 Å².